The molecule has 1 saturated heterocycles. The van der Waals surface area contributed by atoms with Crippen LogP contribution in [0.1, 0.15) is 36.3 Å². The zero-order valence-electron chi connectivity index (χ0n) is 18.7. The molecule has 1 aliphatic heterocycles. The standard InChI is InChI=1S/C24H29N5O3/c1-4-29-20-8-6-7-16(3)19(20)13-21(29)23(30)27-17-9-10-22(25-14-17)26-18-11-12-28(15-18)24(31)32-5-2/h6-10,13-14,18H,4-5,11-12,15H2,1-3H3,(H,25,26)(H,27,30)/t18-/m0/s1. The maximum absolute atomic E-state index is 13.0. The van der Waals surface area contributed by atoms with Crippen molar-refractivity contribution >= 4 is 34.4 Å². The van der Waals surface area contributed by atoms with Gasteiger partial charge in [0.15, 0.2) is 0 Å². The number of benzene rings is 1. The predicted molar refractivity (Wildman–Crippen MR) is 125 cm³/mol. The summed E-state index contributed by atoms with van der Waals surface area (Å²) in [6, 6.07) is 11.8. The van der Waals surface area contributed by atoms with Crippen LogP contribution in [0.2, 0.25) is 0 Å². The summed E-state index contributed by atoms with van der Waals surface area (Å²) >= 11 is 0. The molecule has 8 nitrogen and oxygen atoms in total. The molecule has 0 unspecified atom stereocenters. The Kier molecular flexibility index (Phi) is 6.30. The maximum atomic E-state index is 13.0. The Morgan fingerprint density at radius 3 is 2.78 bits per heavy atom. The topological polar surface area (TPSA) is 88.5 Å². The van der Waals surface area contributed by atoms with Crippen molar-refractivity contribution in [3.8, 4) is 0 Å². The van der Waals surface area contributed by atoms with Gasteiger partial charge in [-0.15, -0.1) is 0 Å². The Morgan fingerprint density at radius 1 is 1.22 bits per heavy atom. The Morgan fingerprint density at radius 2 is 2.06 bits per heavy atom. The number of hydrogen-bond acceptors (Lipinski definition) is 5. The lowest BCUT2D eigenvalue weighted by molar-refractivity contribution is 0.101. The van der Waals surface area contributed by atoms with E-state index in [4.69, 9.17) is 4.74 Å². The molecule has 0 spiro atoms. The van der Waals surface area contributed by atoms with Crippen LogP contribution in [-0.4, -0.2) is 52.2 Å². The average Bonchev–Trinajstić information content (AvgIpc) is 3.40. The van der Waals surface area contributed by atoms with Crippen LogP contribution in [0.3, 0.4) is 0 Å². The zero-order chi connectivity index (χ0) is 22.7. The summed E-state index contributed by atoms with van der Waals surface area (Å²) in [6.45, 7) is 8.22. The molecule has 0 bridgehead atoms. The third-order valence-electron chi connectivity index (χ3n) is 5.80. The summed E-state index contributed by atoms with van der Waals surface area (Å²) in [5, 5.41) is 7.38. The van der Waals surface area contributed by atoms with Crippen LogP contribution in [0.25, 0.3) is 10.9 Å². The molecule has 1 aliphatic rings. The number of anilines is 2. The molecule has 168 valence electrons. The smallest absolute Gasteiger partial charge is 0.409 e. The number of pyridine rings is 1. The second kappa shape index (κ2) is 9.30. The van der Waals surface area contributed by atoms with E-state index in [9.17, 15) is 9.59 Å². The van der Waals surface area contributed by atoms with E-state index in [2.05, 4.69) is 28.6 Å². The van der Waals surface area contributed by atoms with Crippen LogP contribution in [0.15, 0.2) is 42.6 Å². The molecule has 32 heavy (non-hydrogen) atoms. The van der Waals surface area contributed by atoms with Gasteiger partial charge in [-0.05, 0) is 57.0 Å². The summed E-state index contributed by atoms with van der Waals surface area (Å²) in [5.41, 5.74) is 3.46. The number of aryl methyl sites for hydroxylation is 2. The van der Waals surface area contributed by atoms with Crippen LogP contribution in [0.5, 0.6) is 0 Å². The van der Waals surface area contributed by atoms with E-state index in [1.165, 1.54) is 0 Å². The van der Waals surface area contributed by atoms with Crippen LogP contribution in [0, 0.1) is 6.92 Å². The van der Waals surface area contributed by atoms with E-state index in [0.29, 0.717) is 43.4 Å². The molecule has 3 heterocycles. The Balaban J connectivity index is 1.40. The molecular formula is C24H29N5O3. The minimum Gasteiger partial charge on any atom is -0.450 e. The molecule has 0 aliphatic carbocycles. The first-order valence-electron chi connectivity index (χ1n) is 11.0. The van der Waals surface area contributed by atoms with Gasteiger partial charge >= 0.3 is 6.09 Å². The van der Waals surface area contributed by atoms with Gasteiger partial charge in [-0.25, -0.2) is 9.78 Å². The van der Waals surface area contributed by atoms with Crippen molar-refractivity contribution in [2.45, 2.75) is 39.8 Å². The molecule has 2 N–H and O–H groups in total. The molecular weight excluding hydrogens is 406 g/mol. The van der Waals surface area contributed by atoms with Crippen molar-refractivity contribution in [3.63, 3.8) is 0 Å². The van der Waals surface area contributed by atoms with Gasteiger partial charge in [0.2, 0.25) is 0 Å². The molecule has 0 saturated carbocycles. The normalized spacial score (nSPS) is 15.7. The van der Waals surface area contributed by atoms with Crippen molar-refractivity contribution in [1.29, 1.82) is 0 Å². The summed E-state index contributed by atoms with van der Waals surface area (Å²) in [6.07, 6.45) is 2.20. The van der Waals surface area contributed by atoms with Crippen molar-refractivity contribution in [2.75, 3.05) is 30.3 Å². The van der Waals surface area contributed by atoms with Crippen LogP contribution >= 0.6 is 0 Å². The molecule has 1 fully saturated rings. The van der Waals surface area contributed by atoms with Gasteiger partial charge in [-0.1, -0.05) is 12.1 Å². The lowest BCUT2D eigenvalue weighted by atomic mass is 10.1. The van der Waals surface area contributed by atoms with Gasteiger partial charge < -0.3 is 24.8 Å². The summed E-state index contributed by atoms with van der Waals surface area (Å²) in [4.78, 5) is 30.9. The van der Waals surface area contributed by atoms with Crippen molar-refractivity contribution in [1.82, 2.24) is 14.5 Å². The molecule has 3 aromatic rings. The fourth-order valence-electron chi connectivity index (χ4n) is 4.18. The second-order valence-corrected chi connectivity index (χ2v) is 7.94. The lowest BCUT2D eigenvalue weighted by Gasteiger charge is -2.16. The number of fused-ring (bicyclic) bond motifs is 1. The van der Waals surface area contributed by atoms with Gasteiger partial charge in [0, 0.05) is 36.6 Å². The Labute approximate surface area is 187 Å². The molecule has 0 radical (unpaired) electrons. The fourth-order valence-corrected chi connectivity index (χ4v) is 4.18. The number of nitrogens with one attached hydrogen (secondary N) is 2. The van der Waals surface area contributed by atoms with E-state index in [1.54, 1.807) is 18.0 Å². The highest BCUT2D eigenvalue weighted by Gasteiger charge is 2.27. The maximum Gasteiger partial charge on any atom is 0.409 e. The van der Waals surface area contributed by atoms with E-state index in [1.807, 2.05) is 41.8 Å². The minimum absolute atomic E-state index is 0.121. The molecule has 1 aromatic carbocycles. The number of nitrogens with zero attached hydrogens (tertiary/aromatic N) is 3. The lowest BCUT2D eigenvalue weighted by Crippen LogP contribution is -2.32. The van der Waals surface area contributed by atoms with Gasteiger partial charge in [0.1, 0.15) is 11.5 Å². The highest BCUT2D eigenvalue weighted by molar-refractivity contribution is 6.06. The molecule has 2 aromatic heterocycles. The number of carbonyl (C=O) groups is 2. The minimum atomic E-state index is -0.275. The summed E-state index contributed by atoms with van der Waals surface area (Å²) < 4.78 is 7.08. The monoisotopic (exact) mass is 435 g/mol. The van der Waals surface area contributed by atoms with E-state index >= 15 is 0 Å². The van der Waals surface area contributed by atoms with E-state index in [-0.39, 0.29) is 18.0 Å². The van der Waals surface area contributed by atoms with E-state index < -0.39 is 0 Å². The van der Waals surface area contributed by atoms with Gasteiger partial charge in [-0.2, -0.15) is 0 Å². The van der Waals surface area contributed by atoms with Crippen molar-refractivity contribution in [3.05, 3.63) is 53.9 Å². The number of carbonyl (C=O) groups excluding carboxylic acids is 2. The third-order valence-corrected chi connectivity index (χ3v) is 5.80. The largest absolute Gasteiger partial charge is 0.450 e. The molecule has 8 heteroatoms. The SMILES string of the molecule is CCOC(=O)N1CC[C@H](Nc2ccc(NC(=O)c3cc4c(C)cccc4n3CC)cn2)C1. The first-order valence-corrected chi connectivity index (χ1v) is 11.0. The quantitative estimate of drug-likeness (QED) is 0.604. The molecule has 2 amide bonds. The fraction of sp³-hybridized carbons (Fsp3) is 0.375. The predicted octanol–water partition coefficient (Wildman–Crippen LogP) is 4.26. The van der Waals surface area contributed by atoms with Gasteiger partial charge in [-0.3, -0.25) is 4.79 Å². The number of likely N-dealkylation sites (tertiary alicyclic amines) is 1. The zero-order valence-corrected chi connectivity index (χ0v) is 18.7. The number of rotatable bonds is 6. The van der Waals surface area contributed by atoms with Crippen molar-refractivity contribution < 1.29 is 14.3 Å². The Hall–Kier alpha value is -3.55. The first-order chi connectivity index (χ1) is 15.5. The highest BCUT2D eigenvalue weighted by Crippen LogP contribution is 2.24. The average molecular weight is 436 g/mol. The number of aromatic nitrogens is 2. The van der Waals surface area contributed by atoms with E-state index in [0.717, 1.165) is 22.9 Å². The van der Waals surface area contributed by atoms with Gasteiger partial charge in [0.05, 0.1) is 18.5 Å². The Bertz CT molecular complexity index is 1120. The van der Waals surface area contributed by atoms with Gasteiger partial charge in [0.25, 0.3) is 5.91 Å². The number of hydrogen-bond donors (Lipinski definition) is 2. The first kappa shape index (κ1) is 21.7. The summed E-state index contributed by atoms with van der Waals surface area (Å²) in [5.74, 6) is 0.544. The van der Waals surface area contributed by atoms with Crippen LogP contribution in [-0.2, 0) is 11.3 Å². The molecule has 1 atom stereocenters. The second-order valence-electron chi connectivity index (χ2n) is 7.94. The number of amides is 2. The van der Waals surface area contributed by atoms with Crippen molar-refractivity contribution in [2.24, 2.45) is 0 Å². The van der Waals surface area contributed by atoms with Crippen LogP contribution < -0.4 is 10.6 Å². The highest BCUT2D eigenvalue weighted by atomic mass is 16.6. The molecule has 4 rings (SSSR count). The number of ether oxygens (including phenoxy) is 1. The summed E-state index contributed by atoms with van der Waals surface area (Å²) in [7, 11) is 0. The third kappa shape index (κ3) is 4.39. The van der Waals surface area contributed by atoms with Crippen LogP contribution in [0.4, 0.5) is 16.3 Å².